The molecule has 0 unspecified atom stereocenters. The van der Waals surface area contributed by atoms with Crippen molar-refractivity contribution in [1.29, 1.82) is 0 Å². The molecule has 1 heterocycles. The van der Waals surface area contributed by atoms with Gasteiger partial charge in [0.2, 0.25) is 0 Å². The van der Waals surface area contributed by atoms with Crippen LogP contribution in [0.15, 0.2) is 48.5 Å². The van der Waals surface area contributed by atoms with E-state index < -0.39 is 0 Å². The number of quaternary nitrogens is 1. The van der Waals surface area contributed by atoms with Gasteiger partial charge in [-0.1, -0.05) is 42.5 Å². The van der Waals surface area contributed by atoms with Gasteiger partial charge in [0.15, 0.2) is 0 Å². The highest BCUT2D eigenvalue weighted by molar-refractivity contribution is 5.56. The van der Waals surface area contributed by atoms with Crippen molar-refractivity contribution < 1.29 is 10.0 Å². The van der Waals surface area contributed by atoms with E-state index in [0.29, 0.717) is 0 Å². The number of hydrogen-bond donors (Lipinski definition) is 2. The van der Waals surface area contributed by atoms with E-state index in [9.17, 15) is 5.11 Å². The maximum absolute atomic E-state index is 10.4. The highest BCUT2D eigenvalue weighted by Gasteiger charge is 2.23. The molecule has 0 radical (unpaired) electrons. The number of nitrogens with zero attached hydrogens (tertiary/aromatic N) is 1. The third-order valence-electron chi connectivity index (χ3n) is 5.05. The zero-order chi connectivity index (χ0) is 16.2. The van der Waals surface area contributed by atoms with Crippen LogP contribution in [0.2, 0.25) is 0 Å². The van der Waals surface area contributed by atoms with Crippen LogP contribution in [-0.2, 0) is 0 Å². The number of piperazine rings is 1. The number of aryl methyl sites for hydroxylation is 1. The average molecular weight is 311 g/mol. The van der Waals surface area contributed by atoms with Crippen LogP contribution in [0, 0.1) is 13.8 Å². The fraction of sp³-hybridized carbons (Fsp3) is 0.400. The van der Waals surface area contributed by atoms with Gasteiger partial charge < -0.3 is 14.9 Å². The van der Waals surface area contributed by atoms with E-state index in [4.69, 9.17) is 0 Å². The minimum Gasteiger partial charge on any atom is -0.382 e. The Bertz CT molecular complexity index is 633. The number of nitrogens with one attached hydrogen (secondary N) is 1. The smallest absolute Gasteiger partial charge is 0.128 e. The Morgan fingerprint density at radius 2 is 1.70 bits per heavy atom. The van der Waals surface area contributed by atoms with Crippen molar-refractivity contribution in [1.82, 2.24) is 0 Å². The van der Waals surface area contributed by atoms with E-state index in [2.05, 4.69) is 36.9 Å². The summed E-state index contributed by atoms with van der Waals surface area (Å²) in [5.74, 6) is 0. The number of rotatable bonds is 4. The number of benzene rings is 2. The van der Waals surface area contributed by atoms with Gasteiger partial charge in [-0.3, -0.25) is 0 Å². The average Bonchev–Trinajstić information content (AvgIpc) is 2.59. The van der Waals surface area contributed by atoms with Crippen LogP contribution >= 0.6 is 0 Å². The van der Waals surface area contributed by atoms with Crippen LogP contribution in [0.3, 0.4) is 0 Å². The van der Waals surface area contributed by atoms with Crippen molar-refractivity contribution in [2.45, 2.75) is 20.0 Å². The van der Waals surface area contributed by atoms with Gasteiger partial charge in [-0.15, -0.1) is 0 Å². The standard InChI is InChI=1S/C20H26N2O/c1-16-7-6-10-19(17(16)2)22-13-11-21(12-14-22)15-20(23)18-8-4-3-5-9-18/h3-10,20,23H,11-15H2,1-2H3/p+1/t20-/m1/s1. The van der Waals surface area contributed by atoms with Crippen molar-refractivity contribution in [3.05, 3.63) is 65.2 Å². The maximum atomic E-state index is 10.4. The van der Waals surface area contributed by atoms with Crippen LogP contribution in [-0.4, -0.2) is 37.8 Å². The van der Waals surface area contributed by atoms with E-state index in [1.54, 1.807) is 0 Å². The topological polar surface area (TPSA) is 27.9 Å². The third-order valence-corrected chi connectivity index (χ3v) is 5.05. The highest BCUT2D eigenvalue weighted by atomic mass is 16.3. The Morgan fingerprint density at radius 1 is 1.00 bits per heavy atom. The van der Waals surface area contributed by atoms with Crippen LogP contribution in [0.4, 0.5) is 5.69 Å². The zero-order valence-electron chi connectivity index (χ0n) is 14.1. The summed E-state index contributed by atoms with van der Waals surface area (Å²) < 4.78 is 0. The van der Waals surface area contributed by atoms with Gasteiger partial charge in [0.25, 0.3) is 0 Å². The summed E-state index contributed by atoms with van der Waals surface area (Å²) in [7, 11) is 0. The Hall–Kier alpha value is -1.84. The van der Waals surface area contributed by atoms with Crippen molar-refractivity contribution in [2.24, 2.45) is 0 Å². The first-order valence-electron chi connectivity index (χ1n) is 8.53. The van der Waals surface area contributed by atoms with Gasteiger partial charge in [0.1, 0.15) is 12.6 Å². The molecule has 3 nitrogen and oxygen atoms in total. The SMILES string of the molecule is Cc1cccc(N2CC[NH+](C[C@@H](O)c3ccccc3)CC2)c1C. The third kappa shape index (κ3) is 3.74. The minimum atomic E-state index is -0.363. The molecule has 0 saturated carbocycles. The molecule has 2 aromatic rings. The number of aliphatic hydroxyl groups excluding tert-OH is 1. The van der Waals surface area contributed by atoms with Gasteiger partial charge in [0.05, 0.1) is 26.2 Å². The molecule has 2 N–H and O–H groups in total. The predicted octanol–water partition coefficient (Wildman–Crippen LogP) is 1.74. The van der Waals surface area contributed by atoms with E-state index in [1.165, 1.54) is 21.7 Å². The number of aliphatic hydroxyl groups is 1. The van der Waals surface area contributed by atoms with Crippen LogP contribution in [0.5, 0.6) is 0 Å². The van der Waals surface area contributed by atoms with Gasteiger partial charge in [-0.25, -0.2) is 0 Å². The van der Waals surface area contributed by atoms with Crippen LogP contribution < -0.4 is 9.80 Å². The fourth-order valence-electron chi connectivity index (χ4n) is 3.41. The maximum Gasteiger partial charge on any atom is 0.128 e. The molecule has 1 aliphatic heterocycles. The second kappa shape index (κ2) is 7.16. The lowest BCUT2D eigenvalue weighted by molar-refractivity contribution is -0.904. The summed E-state index contributed by atoms with van der Waals surface area (Å²) in [6.45, 7) is 9.46. The zero-order valence-corrected chi connectivity index (χ0v) is 14.1. The molecule has 1 atom stereocenters. The van der Waals surface area contributed by atoms with E-state index in [0.717, 1.165) is 38.3 Å². The Balaban J connectivity index is 1.57. The van der Waals surface area contributed by atoms with Crippen LogP contribution in [0.1, 0.15) is 22.8 Å². The first kappa shape index (κ1) is 16.0. The van der Waals surface area contributed by atoms with Crippen molar-refractivity contribution in [3.63, 3.8) is 0 Å². The highest BCUT2D eigenvalue weighted by Crippen LogP contribution is 2.22. The number of anilines is 1. The van der Waals surface area contributed by atoms with Gasteiger partial charge in [-0.2, -0.15) is 0 Å². The summed E-state index contributed by atoms with van der Waals surface area (Å²) in [5, 5.41) is 10.4. The lowest BCUT2D eigenvalue weighted by Crippen LogP contribution is -3.15. The van der Waals surface area contributed by atoms with E-state index >= 15 is 0 Å². The monoisotopic (exact) mass is 311 g/mol. The molecule has 0 bridgehead atoms. The van der Waals surface area contributed by atoms with Gasteiger partial charge in [0, 0.05) is 5.69 Å². The Labute approximate surface area is 139 Å². The molecule has 122 valence electrons. The molecule has 1 fully saturated rings. The molecule has 2 aromatic carbocycles. The van der Waals surface area contributed by atoms with E-state index in [-0.39, 0.29) is 6.10 Å². The lowest BCUT2D eigenvalue weighted by Gasteiger charge is -2.35. The summed E-state index contributed by atoms with van der Waals surface area (Å²) in [5.41, 5.74) is 5.14. The molecule has 0 spiro atoms. The number of hydrogen-bond acceptors (Lipinski definition) is 2. The molecule has 1 aliphatic rings. The second-order valence-corrected chi connectivity index (χ2v) is 6.59. The molecule has 1 saturated heterocycles. The predicted molar refractivity (Wildman–Crippen MR) is 95.1 cm³/mol. The molecule has 0 aliphatic carbocycles. The summed E-state index contributed by atoms with van der Waals surface area (Å²) in [6, 6.07) is 16.6. The van der Waals surface area contributed by atoms with Crippen molar-refractivity contribution in [2.75, 3.05) is 37.6 Å². The Morgan fingerprint density at radius 3 is 2.39 bits per heavy atom. The lowest BCUT2D eigenvalue weighted by atomic mass is 10.1. The van der Waals surface area contributed by atoms with Gasteiger partial charge in [-0.05, 0) is 36.6 Å². The molecule has 23 heavy (non-hydrogen) atoms. The quantitative estimate of drug-likeness (QED) is 0.900. The van der Waals surface area contributed by atoms with Crippen molar-refractivity contribution >= 4 is 5.69 Å². The summed E-state index contributed by atoms with van der Waals surface area (Å²) >= 11 is 0. The molecule has 0 aromatic heterocycles. The normalized spacial score (nSPS) is 17.3. The first-order chi connectivity index (χ1) is 11.1. The molecule has 3 rings (SSSR count). The van der Waals surface area contributed by atoms with Gasteiger partial charge >= 0.3 is 0 Å². The molecular weight excluding hydrogens is 284 g/mol. The second-order valence-electron chi connectivity index (χ2n) is 6.59. The first-order valence-corrected chi connectivity index (χ1v) is 8.53. The summed E-state index contributed by atoms with van der Waals surface area (Å²) in [6.07, 6.45) is -0.363. The molecule has 3 heteroatoms. The Kier molecular flexibility index (Phi) is 4.99. The van der Waals surface area contributed by atoms with E-state index in [1.807, 2.05) is 30.3 Å². The summed E-state index contributed by atoms with van der Waals surface area (Å²) in [4.78, 5) is 3.98. The van der Waals surface area contributed by atoms with Crippen LogP contribution in [0.25, 0.3) is 0 Å². The minimum absolute atomic E-state index is 0.363. The molecule has 0 amide bonds. The largest absolute Gasteiger partial charge is 0.382 e. The molecular formula is C20H27N2O+. The van der Waals surface area contributed by atoms with Crippen molar-refractivity contribution in [3.8, 4) is 0 Å². The fourth-order valence-corrected chi connectivity index (χ4v) is 3.41.